The van der Waals surface area contributed by atoms with E-state index in [1.54, 1.807) is 13.8 Å². The minimum absolute atomic E-state index is 0.107. The Labute approximate surface area is 202 Å². The van der Waals surface area contributed by atoms with E-state index < -0.39 is 54.1 Å². The van der Waals surface area contributed by atoms with E-state index in [9.17, 15) is 28.4 Å². The number of carboxylic acids is 1. The molecule has 2 bridgehead atoms. The smallest absolute Gasteiger partial charge is 0.305 e. The van der Waals surface area contributed by atoms with Gasteiger partial charge in [0.2, 0.25) is 11.8 Å². The number of benzene rings is 1. The lowest BCUT2D eigenvalue weighted by Crippen LogP contribution is -2.60. The van der Waals surface area contributed by atoms with E-state index in [4.69, 9.17) is 9.84 Å². The van der Waals surface area contributed by atoms with Crippen LogP contribution in [0, 0.1) is 17.7 Å². The fourth-order valence-electron chi connectivity index (χ4n) is 4.97. The molecule has 1 heterocycles. The molecule has 11 heteroatoms. The van der Waals surface area contributed by atoms with Crippen LogP contribution >= 0.6 is 0 Å². The summed E-state index contributed by atoms with van der Waals surface area (Å²) in [7, 11) is 1.28. The van der Waals surface area contributed by atoms with Gasteiger partial charge in [-0.1, -0.05) is 19.9 Å². The Morgan fingerprint density at radius 3 is 2.54 bits per heavy atom. The zero-order valence-corrected chi connectivity index (χ0v) is 19.8. The molecule has 2 fully saturated rings. The summed E-state index contributed by atoms with van der Waals surface area (Å²) in [5.41, 5.74) is -0.275. The number of aliphatic carboxylic acids is 1. The number of carbonyl (C=O) groups excluding carboxylic acids is 4. The first-order valence-electron chi connectivity index (χ1n) is 11.5. The second-order valence-corrected chi connectivity index (χ2v) is 9.28. The van der Waals surface area contributed by atoms with Crippen molar-refractivity contribution in [2.24, 2.45) is 11.8 Å². The molecule has 3 amide bonds. The topological polar surface area (TPSA) is 142 Å². The van der Waals surface area contributed by atoms with Crippen molar-refractivity contribution in [1.29, 1.82) is 0 Å². The Balaban J connectivity index is 1.82. The number of ether oxygens (including phenoxy) is 1. The third kappa shape index (κ3) is 5.44. The van der Waals surface area contributed by atoms with Gasteiger partial charge in [0.15, 0.2) is 11.6 Å². The number of methoxy groups -OCH3 is 1. The minimum atomic E-state index is -1.24. The first-order valence-corrected chi connectivity index (χ1v) is 11.5. The van der Waals surface area contributed by atoms with Crippen LogP contribution in [-0.2, 0) is 19.2 Å². The number of rotatable bonds is 10. The second kappa shape index (κ2) is 10.8. The van der Waals surface area contributed by atoms with Crippen LogP contribution in [0.5, 0.6) is 5.75 Å². The van der Waals surface area contributed by atoms with Crippen molar-refractivity contribution in [2.75, 3.05) is 7.11 Å². The Morgan fingerprint density at radius 2 is 1.94 bits per heavy atom. The molecule has 2 aliphatic rings. The third-order valence-corrected chi connectivity index (χ3v) is 6.64. The van der Waals surface area contributed by atoms with Gasteiger partial charge in [-0.2, -0.15) is 0 Å². The molecular weight excluding hydrogens is 461 g/mol. The van der Waals surface area contributed by atoms with Gasteiger partial charge >= 0.3 is 5.97 Å². The number of halogens is 1. The lowest BCUT2D eigenvalue weighted by Gasteiger charge is -2.38. The number of hydrogen-bond acceptors (Lipinski definition) is 6. The van der Waals surface area contributed by atoms with Crippen LogP contribution in [0.4, 0.5) is 4.39 Å². The molecule has 1 aromatic carbocycles. The zero-order valence-electron chi connectivity index (χ0n) is 19.8. The van der Waals surface area contributed by atoms with Crippen molar-refractivity contribution >= 4 is 30.0 Å². The van der Waals surface area contributed by atoms with Crippen LogP contribution in [0.25, 0.3) is 0 Å². The molecule has 0 aromatic heterocycles. The highest BCUT2D eigenvalue weighted by molar-refractivity contribution is 5.99. The average Bonchev–Trinajstić information content (AvgIpc) is 3.43. The molecule has 3 N–H and O–H groups in total. The summed E-state index contributed by atoms with van der Waals surface area (Å²) in [5.74, 6) is -4.58. The summed E-state index contributed by atoms with van der Waals surface area (Å²) in [6, 6.07) is 0.761. The van der Waals surface area contributed by atoms with E-state index >= 15 is 0 Å². The van der Waals surface area contributed by atoms with Gasteiger partial charge in [-0.3, -0.25) is 19.2 Å². The molecule has 0 spiro atoms. The van der Waals surface area contributed by atoms with Crippen molar-refractivity contribution in [3.8, 4) is 5.75 Å². The maximum atomic E-state index is 14.6. The summed E-state index contributed by atoms with van der Waals surface area (Å²) in [4.78, 5) is 63.2. The first kappa shape index (κ1) is 26.1. The fourth-order valence-corrected chi connectivity index (χ4v) is 4.97. The van der Waals surface area contributed by atoms with Crippen molar-refractivity contribution in [2.45, 2.75) is 63.7 Å². The summed E-state index contributed by atoms with van der Waals surface area (Å²) < 4.78 is 19.5. The first-order chi connectivity index (χ1) is 16.6. The van der Waals surface area contributed by atoms with Gasteiger partial charge in [-0.15, -0.1) is 0 Å². The van der Waals surface area contributed by atoms with Crippen molar-refractivity contribution < 1.29 is 38.2 Å². The standard InChI is InChI=1S/C24H30FN3O7/c1-12(2)20(27-22(32)16-5-4-6-17(35-3)19(16)25)24(34)28-15-8-7-13(9-15)21(28)23(33)26-14(11-29)10-18(30)31/h4-6,11-15,20-21H,7-10H2,1-3H3,(H,26,33)(H,27,32)(H,30,31)/t13?,14?,15-,20?,21?/m0/s1. The van der Waals surface area contributed by atoms with Gasteiger partial charge in [0.25, 0.3) is 5.91 Å². The lowest BCUT2D eigenvalue weighted by atomic mass is 9.95. The number of aldehydes is 1. The maximum absolute atomic E-state index is 14.6. The predicted octanol–water partition coefficient (Wildman–Crippen LogP) is 1.13. The van der Waals surface area contributed by atoms with E-state index in [1.807, 2.05) is 0 Å². The number of amides is 3. The molecule has 3 rings (SSSR count). The average molecular weight is 492 g/mol. The lowest BCUT2D eigenvalue weighted by molar-refractivity contribution is -0.146. The van der Waals surface area contributed by atoms with Gasteiger partial charge in [-0.25, -0.2) is 4.39 Å². The number of fused-ring (bicyclic) bond motifs is 2. The number of likely N-dealkylation sites (tertiary alicyclic amines) is 1. The van der Waals surface area contributed by atoms with Gasteiger partial charge < -0.3 is 30.2 Å². The van der Waals surface area contributed by atoms with E-state index in [2.05, 4.69) is 10.6 Å². The maximum Gasteiger partial charge on any atom is 0.305 e. The molecular formula is C24H30FN3O7. The van der Waals surface area contributed by atoms with Gasteiger partial charge in [0, 0.05) is 6.04 Å². The van der Waals surface area contributed by atoms with Gasteiger partial charge in [0.05, 0.1) is 25.1 Å². The Bertz CT molecular complexity index is 1010. The molecule has 5 atom stereocenters. The fraction of sp³-hybridized carbons (Fsp3) is 0.542. The zero-order chi connectivity index (χ0) is 25.9. The van der Waals surface area contributed by atoms with Crippen molar-refractivity contribution in [3.05, 3.63) is 29.6 Å². The highest BCUT2D eigenvalue weighted by Crippen LogP contribution is 2.43. The molecule has 1 aliphatic carbocycles. The van der Waals surface area contributed by atoms with Crippen LogP contribution < -0.4 is 15.4 Å². The molecule has 10 nitrogen and oxygen atoms in total. The van der Waals surface area contributed by atoms with E-state index in [0.29, 0.717) is 25.5 Å². The van der Waals surface area contributed by atoms with E-state index in [-0.39, 0.29) is 29.2 Å². The Hall–Kier alpha value is -3.50. The van der Waals surface area contributed by atoms with Gasteiger partial charge in [-0.05, 0) is 43.2 Å². The largest absolute Gasteiger partial charge is 0.494 e. The molecule has 35 heavy (non-hydrogen) atoms. The molecule has 1 saturated carbocycles. The number of nitrogens with zero attached hydrogens (tertiary/aromatic N) is 1. The Morgan fingerprint density at radius 1 is 1.23 bits per heavy atom. The van der Waals surface area contributed by atoms with Crippen LogP contribution in [0.1, 0.15) is 49.9 Å². The highest BCUT2D eigenvalue weighted by atomic mass is 19.1. The van der Waals surface area contributed by atoms with Crippen molar-refractivity contribution in [3.63, 3.8) is 0 Å². The van der Waals surface area contributed by atoms with Crippen LogP contribution in [0.15, 0.2) is 18.2 Å². The number of carbonyl (C=O) groups is 5. The van der Waals surface area contributed by atoms with E-state index in [0.717, 1.165) is 0 Å². The molecule has 4 unspecified atom stereocenters. The molecule has 0 radical (unpaired) electrons. The number of piperidine rings is 1. The molecule has 190 valence electrons. The quantitative estimate of drug-likeness (QED) is 0.417. The SMILES string of the molecule is COc1cccc(C(=O)NC(C(=O)N2C(C(=O)NC(C=O)CC(=O)O)C3CC[C@H]2C3)C(C)C)c1F. The highest BCUT2D eigenvalue weighted by Gasteiger charge is 2.53. The van der Waals surface area contributed by atoms with E-state index in [1.165, 1.54) is 30.2 Å². The molecule has 1 aromatic rings. The normalized spacial score (nSPS) is 22.4. The summed E-state index contributed by atoms with van der Waals surface area (Å²) in [5, 5.41) is 14.0. The van der Waals surface area contributed by atoms with Crippen LogP contribution in [0.3, 0.4) is 0 Å². The van der Waals surface area contributed by atoms with Crippen LogP contribution in [-0.4, -0.2) is 71.3 Å². The van der Waals surface area contributed by atoms with Crippen LogP contribution in [0.2, 0.25) is 0 Å². The number of hydrogen-bond donors (Lipinski definition) is 3. The second-order valence-electron chi connectivity index (χ2n) is 9.28. The van der Waals surface area contributed by atoms with Crippen molar-refractivity contribution in [1.82, 2.24) is 15.5 Å². The third-order valence-electron chi connectivity index (χ3n) is 6.64. The predicted molar refractivity (Wildman–Crippen MR) is 121 cm³/mol. The van der Waals surface area contributed by atoms with Gasteiger partial charge in [0.1, 0.15) is 18.4 Å². The molecule has 1 aliphatic heterocycles. The molecule has 1 saturated heterocycles. The minimum Gasteiger partial charge on any atom is -0.494 e. The Kier molecular flexibility index (Phi) is 8.08. The number of nitrogens with one attached hydrogen (secondary N) is 2. The monoisotopic (exact) mass is 491 g/mol. The summed E-state index contributed by atoms with van der Waals surface area (Å²) in [6.07, 6.45) is 1.78. The summed E-state index contributed by atoms with van der Waals surface area (Å²) >= 11 is 0. The number of carboxylic acid groups (broad SMARTS) is 1. The summed E-state index contributed by atoms with van der Waals surface area (Å²) in [6.45, 7) is 3.45.